The van der Waals surface area contributed by atoms with Crippen molar-refractivity contribution in [2.24, 2.45) is 34.6 Å². The smallest absolute Gasteiger partial charge is 0.309 e. The van der Waals surface area contributed by atoms with Crippen molar-refractivity contribution in [2.75, 3.05) is 47.6 Å². The van der Waals surface area contributed by atoms with Crippen molar-refractivity contribution in [3.8, 4) is 11.1 Å². The average molecular weight is 1150 g/mol. The van der Waals surface area contributed by atoms with E-state index in [4.69, 9.17) is 42.9 Å². The monoisotopic (exact) mass is 1140 g/mol. The van der Waals surface area contributed by atoms with Gasteiger partial charge < -0.3 is 63.0 Å². The Morgan fingerprint density at radius 3 is 2.33 bits per heavy atom. The number of aliphatic imine (C=N–C) groups is 1. The summed E-state index contributed by atoms with van der Waals surface area (Å²) in [5.41, 5.74) is 1.48. The summed E-state index contributed by atoms with van der Waals surface area (Å²) in [6, 6.07) is 6.72. The molecule has 79 heavy (non-hydrogen) atoms. The first-order chi connectivity index (χ1) is 37.2. The van der Waals surface area contributed by atoms with Gasteiger partial charge in [0.1, 0.15) is 30.6 Å². The van der Waals surface area contributed by atoms with Gasteiger partial charge in [-0.3, -0.25) is 14.7 Å². The first-order valence-electron chi connectivity index (χ1n) is 28.4. The molecule has 8 heterocycles. The fourth-order valence-corrected chi connectivity index (χ4v) is 14.3. The maximum Gasteiger partial charge on any atom is 0.309 e. The summed E-state index contributed by atoms with van der Waals surface area (Å²) < 4.78 is 69.7. The van der Waals surface area contributed by atoms with Crippen molar-refractivity contribution in [3.63, 3.8) is 0 Å². The number of esters is 1. The number of halogens is 1. The van der Waals surface area contributed by atoms with Gasteiger partial charge in [-0.05, 0) is 90.3 Å². The Balaban J connectivity index is 0.00000822. The third-order valence-electron chi connectivity index (χ3n) is 18.8. The summed E-state index contributed by atoms with van der Waals surface area (Å²) in [5, 5.41) is 32.9. The number of epoxide rings is 1. The molecule has 9 rings (SSSR count). The van der Waals surface area contributed by atoms with Crippen LogP contribution in [0.15, 0.2) is 47.8 Å². The number of alkyl halides is 1. The molecule has 3 unspecified atom stereocenters. The fourth-order valence-electron chi connectivity index (χ4n) is 14.3. The first kappa shape index (κ1) is 61.7. The Morgan fingerprint density at radius 1 is 0.949 bits per heavy atom. The number of methoxy groups -OCH3 is 2. The Kier molecular flexibility index (Phi) is 19.7. The molecular weight excluding hydrogens is 1060 g/mol. The molecule has 19 nitrogen and oxygen atoms in total. The number of hydrogen-bond donors (Lipinski definition) is 2. The molecule has 1 radical (unpaired) electrons. The van der Waals surface area contributed by atoms with Crippen LogP contribution in [0.1, 0.15) is 112 Å². The van der Waals surface area contributed by atoms with Crippen molar-refractivity contribution >= 4 is 11.7 Å². The second-order valence-electron chi connectivity index (χ2n) is 24.1. The van der Waals surface area contributed by atoms with Crippen LogP contribution < -0.4 is 0 Å². The van der Waals surface area contributed by atoms with E-state index in [9.17, 15) is 14.6 Å². The molecule has 3 aromatic rings. The van der Waals surface area contributed by atoms with Crippen molar-refractivity contribution in [2.45, 2.75) is 204 Å². The van der Waals surface area contributed by atoms with Gasteiger partial charge in [0.05, 0.1) is 65.9 Å². The average Bonchev–Trinajstić information content (AvgIpc) is 4.17. The third-order valence-corrected chi connectivity index (χ3v) is 18.8. The van der Waals surface area contributed by atoms with Crippen LogP contribution in [-0.2, 0) is 72.6 Å². The topological polar surface area (TPSA) is 210 Å². The molecular formula is C58H86FMnN8O11-. The van der Waals surface area contributed by atoms with Crippen LogP contribution in [0.3, 0.4) is 0 Å². The minimum Gasteiger partial charge on any atom is -0.459 e. The Labute approximate surface area is 476 Å². The van der Waals surface area contributed by atoms with Crippen molar-refractivity contribution in [3.05, 3.63) is 60.4 Å². The van der Waals surface area contributed by atoms with Gasteiger partial charge in [0.15, 0.2) is 12.5 Å². The van der Waals surface area contributed by atoms with Gasteiger partial charge in [-0.1, -0.05) is 82.1 Å². The molecule has 21 heteroatoms. The number of carbonyl (C=O) groups is 1. The molecule has 0 spiro atoms. The second-order valence-corrected chi connectivity index (χ2v) is 24.1. The van der Waals surface area contributed by atoms with E-state index in [2.05, 4.69) is 64.1 Å². The number of aliphatic hydroxyl groups is 2. The number of nitrogens with zero attached hydrogens (tertiary/aromatic N) is 8. The molecule has 439 valence electrons. The SMILES string of the molecule is CC[C@H]1OC(=O)[C@H](C)[C@@H](C2C[C@@](C)(OC)[C@@H](O)[C@H](C)O2)[C@H](C)[C@@H](O[C@@H]2O[C@H](C)C[C@H](N(C)CCc3cn([C@H](CF)Cc4ccc(-c5cn[c-]nc5)cc4)nn3)[C@H]2O)[C@](C)(OC)C[C@@H](C)C2=NCCN3C4OC4O[C@@]1(C)[C@H]3[C@H]2C.[Mn]. The number of likely N-dealkylation sites (N-methyl/N-ethyl adjacent to an activating group) is 1. The number of aromatic nitrogens is 5. The Bertz CT molecular complexity index is 2520. The molecule has 6 aliphatic heterocycles. The largest absolute Gasteiger partial charge is 0.459 e. The van der Waals surface area contributed by atoms with Crippen LogP contribution in [0.25, 0.3) is 11.1 Å². The molecule has 5 fully saturated rings. The van der Waals surface area contributed by atoms with Crippen LogP contribution in [0.4, 0.5) is 4.39 Å². The number of carbonyl (C=O) groups excluding carboxylic acids is 1. The minimum absolute atomic E-state index is 0. The van der Waals surface area contributed by atoms with Crippen LogP contribution in [0.5, 0.6) is 0 Å². The fraction of sp³-hybridized carbons (Fsp3) is 0.759. The van der Waals surface area contributed by atoms with E-state index >= 15 is 4.79 Å². The standard InChI is InChI=1S/C58H86FN8O11.Mn/c1-14-45-58(10)49-36(6)47(62-20-22-66(49)52-55(77-52)78-58)32(2)25-57(9,72-13)51(34(4)46(35(5)53(70)75-45)44-26-56(8,71-12)50(69)37(7)74-44)76-54-48(68)43(23-33(3)73-54)65(11)21-19-41-30-67(64-63-41)42(27-59)24-38-15-17-39(18-16-38)40-28-60-31-61-29-40;/h15-18,28-30,32-37,42-46,48-52,54-55,68-69H,14,19-27H2,1-13H3;/q-1;/t32-,33-,34+,35-,36+,37+,42+,43+,44?,45-,46+,48-,49-,50+,51-,52?,54+,55?,56-,57-,58-;/m1./s1. The van der Waals surface area contributed by atoms with Crippen LogP contribution >= 0.6 is 0 Å². The molecule has 6 aliphatic rings. The summed E-state index contributed by atoms with van der Waals surface area (Å²) in [6.45, 7) is 21.3. The summed E-state index contributed by atoms with van der Waals surface area (Å²) in [5.74, 6) is -2.56. The number of cyclic esters (lactones) is 1. The first-order valence-corrected chi connectivity index (χ1v) is 28.4. The van der Waals surface area contributed by atoms with E-state index in [1.807, 2.05) is 72.9 Å². The van der Waals surface area contributed by atoms with Crippen LogP contribution in [-0.4, -0.2) is 195 Å². The number of hydrogen-bond acceptors (Lipinski definition) is 18. The zero-order chi connectivity index (χ0) is 56.0. The minimum atomic E-state index is -1.12. The maximum absolute atomic E-state index is 15.2. The van der Waals surface area contributed by atoms with Gasteiger partial charge in [-0.15, -0.1) is 5.10 Å². The predicted molar refractivity (Wildman–Crippen MR) is 287 cm³/mol. The number of benzene rings is 1. The van der Waals surface area contributed by atoms with Crippen molar-refractivity contribution in [1.29, 1.82) is 0 Å². The molecule has 5 saturated heterocycles. The van der Waals surface area contributed by atoms with Gasteiger partial charge in [0.2, 0.25) is 6.29 Å². The number of ether oxygens (including phenoxy) is 8. The zero-order valence-corrected chi connectivity index (χ0v) is 49.6. The van der Waals surface area contributed by atoms with E-state index in [1.165, 1.54) is 0 Å². The van der Waals surface area contributed by atoms with Gasteiger partial charge in [-0.25, -0.2) is 9.07 Å². The molecule has 2 aromatic heterocycles. The van der Waals surface area contributed by atoms with Gasteiger partial charge in [0.25, 0.3) is 0 Å². The number of rotatable bonds is 15. The third kappa shape index (κ3) is 12.5. The molecule has 21 atom stereocenters. The van der Waals surface area contributed by atoms with E-state index in [0.29, 0.717) is 57.4 Å². The van der Waals surface area contributed by atoms with Gasteiger partial charge >= 0.3 is 5.97 Å². The second kappa shape index (κ2) is 25.2. The molecule has 0 aliphatic carbocycles. The zero-order valence-electron chi connectivity index (χ0n) is 48.4. The summed E-state index contributed by atoms with van der Waals surface area (Å²) in [6.07, 6.45) is 3.59. The molecule has 2 bridgehead atoms. The Morgan fingerprint density at radius 2 is 1.66 bits per heavy atom. The van der Waals surface area contributed by atoms with E-state index < -0.39 is 108 Å². The normalized spacial score (nSPS) is 40.5. The predicted octanol–water partition coefficient (Wildman–Crippen LogP) is 5.84. The summed E-state index contributed by atoms with van der Waals surface area (Å²) in [7, 11) is 5.25. The molecule has 2 N–H and O–H groups in total. The van der Waals surface area contributed by atoms with E-state index in [1.54, 1.807) is 37.5 Å². The number of morpholine rings is 1. The van der Waals surface area contributed by atoms with Crippen LogP contribution in [0.2, 0.25) is 0 Å². The summed E-state index contributed by atoms with van der Waals surface area (Å²) in [4.78, 5) is 33.0. The van der Waals surface area contributed by atoms with Gasteiger partial charge in [0, 0.05) is 93.3 Å². The van der Waals surface area contributed by atoms with E-state index in [-0.39, 0.29) is 53.7 Å². The van der Waals surface area contributed by atoms with Crippen LogP contribution in [0, 0.1) is 35.9 Å². The molecule has 1 aromatic carbocycles. The molecule has 0 amide bonds. The number of aliphatic hydroxyl groups excluding tert-OH is 2. The summed E-state index contributed by atoms with van der Waals surface area (Å²) >= 11 is 0. The Hall–Kier alpha value is -3.41. The van der Waals surface area contributed by atoms with Crippen molar-refractivity contribution < 1.29 is 74.4 Å². The maximum atomic E-state index is 15.2. The number of fused-ring (bicyclic) bond motifs is 3. The van der Waals surface area contributed by atoms with Gasteiger partial charge in [-0.2, -0.15) is 0 Å². The van der Waals surface area contributed by atoms with E-state index in [0.717, 1.165) is 22.4 Å². The molecule has 0 saturated carbocycles. The van der Waals surface area contributed by atoms with Crippen molar-refractivity contribution in [1.82, 2.24) is 34.8 Å². The quantitative estimate of drug-likeness (QED) is 0.0793.